The van der Waals surface area contributed by atoms with E-state index in [0.29, 0.717) is 32.5 Å². The van der Waals surface area contributed by atoms with Crippen LogP contribution in [0.5, 0.6) is 0 Å². The molecule has 1 aliphatic rings. The lowest BCUT2D eigenvalue weighted by molar-refractivity contribution is -0.126. The second-order valence-electron chi connectivity index (χ2n) is 6.20. The van der Waals surface area contributed by atoms with E-state index in [2.05, 4.69) is 10.4 Å². The molecule has 0 spiro atoms. The van der Waals surface area contributed by atoms with Crippen molar-refractivity contribution in [1.29, 1.82) is 0 Å². The molecule has 3 rings (SSSR count). The van der Waals surface area contributed by atoms with Crippen LogP contribution >= 0.6 is 0 Å². The van der Waals surface area contributed by atoms with Crippen LogP contribution < -0.4 is 5.32 Å². The van der Waals surface area contributed by atoms with Crippen molar-refractivity contribution in [2.24, 2.45) is 5.92 Å². The number of amides is 1. The first kappa shape index (κ1) is 17.7. The number of nitrogens with one attached hydrogen (secondary N) is 1. The highest BCUT2D eigenvalue weighted by Gasteiger charge is 2.29. The van der Waals surface area contributed by atoms with E-state index in [4.69, 9.17) is 4.42 Å². The van der Waals surface area contributed by atoms with Gasteiger partial charge in [-0.15, -0.1) is 0 Å². The molecule has 1 aliphatic heterocycles. The van der Waals surface area contributed by atoms with Crippen LogP contribution in [0.4, 0.5) is 0 Å². The molecule has 1 N–H and O–H groups in total. The molecule has 0 unspecified atom stereocenters. The summed E-state index contributed by atoms with van der Waals surface area (Å²) >= 11 is 0. The molecule has 0 aromatic carbocycles. The van der Waals surface area contributed by atoms with Crippen LogP contribution in [0.3, 0.4) is 0 Å². The Morgan fingerprint density at radius 2 is 2.16 bits per heavy atom. The normalized spacial score (nSPS) is 18.1. The van der Waals surface area contributed by atoms with Crippen LogP contribution in [-0.2, 0) is 14.8 Å². The molecule has 0 saturated carbocycles. The van der Waals surface area contributed by atoms with E-state index in [-0.39, 0.29) is 17.9 Å². The maximum atomic E-state index is 12.5. The van der Waals surface area contributed by atoms with Gasteiger partial charge in [-0.1, -0.05) is 0 Å². The molecule has 136 valence electrons. The van der Waals surface area contributed by atoms with E-state index in [0.717, 1.165) is 5.76 Å². The second kappa shape index (κ2) is 7.40. The van der Waals surface area contributed by atoms with Gasteiger partial charge in [0.25, 0.3) is 0 Å². The molecule has 1 saturated heterocycles. The molecular formula is C16H22N4O4S. The average molecular weight is 366 g/mol. The fourth-order valence-corrected chi connectivity index (χ4v) is 3.94. The van der Waals surface area contributed by atoms with Crippen molar-refractivity contribution in [1.82, 2.24) is 19.4 Å². The van der Waals surface area contributed by atoms with Gasteiger partial charge in [-0.25, -0.2) is 12.7 Å². The molecule has 0 radical (unpaired) electrons. The Hall–Kier alpha value is -2.13. The highest BCUT2D eigenvalue weighted by Crippen LogP contribution is 2.21. The Labute approximate surface area is 146 Å². The van der Waals surface area contributed by atoms with Crippen molar-refractivity contribution < 1.29 is 17.6 Å². The van der Waals surface area contributed by atoms with Gasteiger partial charge in [0.15, 0.2) is 0 Å². The third-order valence-corrected chi connectivity index (χ3v) is 5.78. The highest BCUT2D eigenvalue weighted by atomic mass is 32.2. The smallest absolute Gasteiger partial charge is 0.223 e. The minimum atomic E-state index is -3.18. The van der Waals surface area contributed by atoms with E-state index in [1.54, 1.807) is 23.2 Å². The Bertz CT molecular complexity index is 744. The molecular weight excluding hydrogens is 344 g/mol. The van der Waals surface area contributed by atoms with Crippen molar-refractivity contribution in [2.45, 2.75) is 18.9 Å². The van der Waals surface area contributed by atoms with Crippen LogP contribution in [0.25, 0.3) is 0 Å². The van der Waals surface area contributed by atoms with E-state index >= 15 is 0 Å². The molecule has 9 heteroatoms. The summed E-state index contributed by atoms with van der Waals surface area (Å²) in [5, 5.41) is 7.19. The van der Waals surface area contributed by atoms with E-state index in [9.17, 15) is 13.2 Å². The Morgan fingerprint density at radius 3 is 2.72 bits per heavy atom. The second-order valence-corrected chi connectivity index (χ2v) is 8.18. The summed E-state index contributed by atoms with van der Waals surface area (Å²) in [6.45, 7) is 1.13. The lowest BCUT2D eigenvalue weighted by Gasteiger charge is -2.29. The average Bonchev–Trinajstić information content (AvgIpc) is 3.28. The first-order valence-corrected chi connectivity index (χ1v) is 10.1. The van der Waals surface area contributed by atoms with Gasteiger partial charge in [0.05, 0.1) is 12.5 Å². The van der Waals surface area contributed by atoms with Crippen molar-refractivity contribution in [2.75, 3.05) is 25.9 Å². The Kier molecular flexibility index (Phi) is 5.24. The minimum absolute atomic E-state index is 0.0585. The Morgan fingerprint density at radius 1 is 1.40 bits per heavy atom. The quantitative estimate of drug-likeness (QED) is 0.817. The first-order chi connectivity index (χ1) is 11.9. The minimum Gasteiger partial charge on any atom is -0.467 e. The van der Waals surface area contributed by atoms with Crippen LogP contribution in [0.15, 0.2) is 41.3 Å². The predicted octanol–water partition coefficient (Wildman–Crippen LogP) is 0.853. The highest BCUT2D eigenvalue weighted by molar-refractivity contribution is 7.88. The molecule has 1 fully saturated rings. The summed E-state index contributed by atoms with van der Waals surface area (Å²) in [5.74, 6) is 0.487. The van der Waals surface area contributed by atoms with Crippen molar-refractivity contribution in [3.8, 4) is 0 Å². The molecule has 25 heavy (non-hydrogen) atoms. The van der Waals surface area contributed by atoms with Gasteiger partial charge in [0.1, 0.15) is 11.8 Å². The standard InChI is InChI=1S/C16H22N4O4S/c1-25(22,23)19-9-5-13(6-10-19)16(21)17-12-14(15-4-2-11-24-15)20-8-3-7-18-20/h2-4,7-8,11,13-14H,5-6,9-10,12H2,1H3,(H,17,21)/t14-/m1/s1. The number of nitrogens with zero attached hydrogens (tertiary/aromatic N) is 3. The number of furan rings is 1. The number of carbonyl (C=O) groups is 1. The number of hydrogen-bond acceptors (Lipinski definition) is 5. The zero-order chi connectivity index (χ0) is 17.9. The van der Waals surface area contributed by atoms with Gasteiger partial charge in [-0.05, 0) is 31.0 Å². The summed E-state index contributed by atoms with van der Waals surface area (Å²) in [7, 11) is -3.18. The van der Waals surface area contributed by atoms with Crippen molar-refractivity contribution in [3.05, 3.63) is 42.6 Å². The molecule has 0 aliphatic carbocycles. The van der Waals surface area contributed by atoms with Crippen LogP contribution in [0.1, 0.15) is 24.6 Å². The SMILES string of the molecule is CS(=O)(=O)N1CCC(C(=O)NC[C@H](c2ccco2)n2cccn2)CC1. The monoisotopic (exact) mass is 366 g/mol. The summed E-state index contributed by atoms with van der Waals surface area (Å²) in [6, 6.07) is 5.25. The maximum Gasteiger partial charge on any atom is 0.223 e. The third kappa shape index (κ3) is 4.29. The van der Waals surface area contributed by atoms with Gasteiger partial charge in [-0.3, -0.25) is 9.48 Å². The van der Waals surface area contributed by atoms with Crippen molar-refractivity contribution in [3.63, 3.8) is 0 Å². The number of carbonyl (C=O) groups excluding carboxylic acids is 1. The van der Waals surface area contributed by atoms with Gasteiger partial charge in [-0.2, -0.15) is 5.10 Å². The Balaban J connectivity index is 1.58. The number of rotatable bonds is 6. The fourth-order valence-electron chi connectivity index (χ4n) is 3.06. The third-order valence-electron chi connectivity index (χ3n) is 4.48. The van der Waals surface area contributed by atoms with E-state index < -0.39 is 10.0 Å². The molecule has 2 aromatic rings. The molecule has 1 atom stereocenters. The molecule has 8 nitrogen and oxygen atoms in total. The summed E-state index contributed by atoms with van der Waals surface area (Å²) in [4.78, 5) is 12.5. The first-order valence-electron chi connectivity index (χ1n) is 8.20. The zero-order valence-corrected chi connectivity index (χ0v) is 14.9. The summed E-state index contributed by atoms with van der Waals surface area (Å²) in [6.07, 6.45) is 7.36. The maximum absolute atomic E-state index is 12.5. The van der Waals surface area contributed by atoms with E-state index in [1.165, 1.54) is 10.6 Å². The molecule has 2 aromatic heterocycles. The molecule has 0 bridgehead atoms. The topological polar surface area (TPSA) is 97.4 Å². The lowest BCUT2D eigenvalue weighted by atomic mass is 9.97. The van der Waals surface area contributed by atoms with Crippen LogP contribution in [0, 0.1) is 5.92 Å². The van der Waals surface area contributed by atoms with Gasteiger partial charge < -0.3 is 9.73 Å². The largest absolute Gasteiger partial charge is 0.467 e. The summed E-state index contributed by atoms with van der Waals surface area (Å²) < 4.78 is 31.7. The lowest BCUT2D eigenvalue weighted by Crippen LogP contribution is -2.43. The van der Waals surface area contributed by atoms with Crippen LogP contribution in [0.2, 0.25) is 0 Å². The number of hydrogen-bond donors (Lipinski definition) is 1. The number of aromatic nitrogens is 2. The van der Waals surface area contributed by atoms with E-state index in [1.807, 2.05) is 18.3 Å². The molecule has 3 heterocycles. The van der Waals surface area contributed by atoms with Gasteiger partial charge >= 0.3 is 0 Å². The zero-order valence-electron chi connectivity index (χ0n) is 14.0. The predicted molar refractivity (Wildman–Crippen MR) is 91.2 cm³/mol. The summed E-state index contributed by atoms with van der Waals surface area (Å²) in [5.41, 5.74) is 0. The van der Waals surface area contributed by atoms with Gasteiger partial charge in [0, 0.05) is 37.9 Å². The fraction of sp³-hybridized carbons (Fsp3) is 0.500. The molecule has 1 amide bonds. The number of sulfonamides is 1. The van der Waals surface area contributed by atoms with Gasteiger partial charge in [0.2, 0.25) is 15.9 Å². The number of piperidine rings is 1. The van der Waals surface area contributed by atoms with Crippen molar-refractivity contribution >= 4 is 15.9 Å². The van der Waals surface area contributed by atoms with Crippen LogP contribution in [-0.4, -0.2) is 54.3 Å².